The van der Waals surface area contributed by atoms with E-state index in [0.29, 0.717) is 17.0 Å². The highest BCUT2D eigenvalue weighted by Crippen LogP contribution is 2.31. The molecular weight excluding hydrogens is 354 g/mol. The summed E-state index contributed by atoms with van der Waals surface area (Å²) in [5, 5.41) is 9.55. The lowest BCUT2D eigenvalue weighted by molar-refractivity contribution is 0.0600. The third-order valence-electron chi connectivity index (χ3n) is 5.23. The van der Waals surface area contributed by atoms with Crippen LogP contribution in [0.5, 0.6) is 5.75 Å². The van der Waals surface area contributed by atoms with Gasteiger partial charge in [0.05, 0.1) is 25.3 Å². The number of hydrogen-bond donors (Lipinski definition) is 0. The van der Waals surface area contributed by atoms with Gasteiger partial charge in [0.1, 0.15) is 17.6 Å². The Morgan fingerprint density at radius 2 is 2.11 bits per heavy atom. The van der Waals surface area contributed by atoms with E-state index in [0.717, 1.165) is 54.3 Å². The summed E-state index contributed by atoms with van der Waals surface area (Å²) in [6.07, 6.45) is 1.78. The summed E-state index contributed by atoms with van der Waals surface area (Å²) in [6, 6.07) is 9.62. The maximum atomic E-state index is 11.9. The van der Waals surface area contributed by atoms with Crippen LogP contribution in [0.4, 0.5) is 5.82 Å². The Morgan fingerprint density at radius 1 is 1.32 bits per heavy atom. The fourth-order valence-electron chi connectivity index (χ4n) is 3.87. The Bertz CT molecular complexity index is 933. The van der Waals surface area contributed by atoms with Crippen LogP contribution in [0.25, 0.3) is 0 Å². The minimum absolute atomic E-state index is 0.352. The fourth-order valence-corrected chi connectivity index (χ4v) is 3.87. The molecule has 1 saturated heterocycles. The number of anilines is 1. The van der Waals surface area contributed by atoms with Gasteiger partial charge < -0.3 is 14.4 Å². The van der Waals surface area contributed by atoms with Crippen molar-refractivity contribution in [2.75, 3.05) is 32.2 Å². The third kappa shape index (κ3) is 3.94. The molecule has 28 heavy (non-hydrogen) atoms. The van der Waals surface area contributed by atoms with Gasteiger partial charge in [-0.2, -0.15) is 5.26 Å². The number of esters is 1. The highest BCUT2D eigenvalue weighted by atomic mass is 16.5. The number of methoxy groups -OCH3 is 2. The van der Waals surface area contributed by atoms with E-state index in [1.807, 2.05) is 32.0 Å². The third-order valence-corrected chi connectivity index (χ3v) is 5.23. The Hall–Kier alpha value is -3.07. The van der Waals surface area contributed by atoms with Gasteiger partial charge in [-0.25, -0.2) is 9.78 Å². The molecule has 0 radical (unpaired) electrons. The van der Waals surface area contributed by atoms with E-state index in [4.69, 9.17) is 9.47 Å². The monoisotopic (exact) mass is 379 g/mol. The largest absolute Gasteiger partial charge is 0.496 e. The zero-order chi connectivity index (χ0) is 20.3. The molecule has 6 nitrogen and oxygen atoms in total. The van der Waals surface area contributed by atoms with Gasteiger partial charge in [0.15, 0.2) is 0 Å². The quantitative estimate of drug-likeness (QED) is 0.741. The summed E-state index contributed by atoms with van der Waals surface area (Å²) in [5.41, 5.74) is 4.04. The molecule has 1 aliphatic rings. The van der Waals surface area contributed by atoms with Crippen LogP contribution in [-0.2, 0) is 11.2 Å². The molecule has 3 rings (SSSR count). The summed E-state index contributed by atoms with van der Waals surface area (Å²) in [4.78, 5) is 18.7. The molecule has 1 atom stereocenters. The second-order valence-corrected chi connectivity index (χ2v) is 7.21. The molecule has 0 aliphatic carbocycles. The van der Waals surface area contributed by atoms with Crippen molar-refractivity contribution in [1.29, 1.82) is 5.26 Å². The van der Waals surface area contributed by atoms with Crippen LogP contribution < -0.4 is 9.64 Å². The zero-order valence-electron chi connectivity index (χ0n) is 16.8. The first-order valence-electron chi connectivity index (χ1n) is 9.35. The van der Waals surface area contributed by atoms with Gasteiger partial charge in [-0.3, -0.25) is 0 Å². The van der Waals surface area contributed by atoms with Gasteiger partial charge in [-0.05, 0) is 68.0 Å². The molecular formula is C22H25N3O3. The molecule has 0 N–H and O–H groups in total. The van der Waals surface area contributed by atoms with E-state index >= 15 is 0 Å². The van der Waals surface area contributed by atoms with Crippen molar-refractivity contribution in [2.45, 2.75) is 26.7 Å². The van der Waals surface area contributed by atoms with Gasteiger partial charge in [0, 0.05) is 18.8 Å². The van der Waals surface area contributed by atoms with Crippen molar-refractivity contribution in [2.24, 2.45) is 5.92 Å². The number of aromatic nitrogens is 1. The van der Waals surface area contributed by atoms with E-state index < -0.39 is 0 Å². The molecule has 6 heteroatoms. The van der Waals surface area contributed by atoms with E-state index in [1.165, 1.54) is 7.11 Å². The normalized spacial score (nSPS) is 16.0. The van der Waals surface area contributed by atoms with Gasteiger partial charge in [0.25, 0.3) is 0 Å². The number of ether oxygens (including phenoxy) is 2. The van der Waals surface area contributed by atoms with Crippen LogP contribution in [0.1, 0.15) is 39.2 Å². The minimum Gasteiger partial charge on any atom is -0.496 e. The van der Waals surface area contributed by atoms with E-state index in [1.54, 1.807) is 13.2 Å². The predicted molar refractivity (Wildman–Crippen MR) is 107 cm³/mol. The fraction of sp³-hybridized carbons (Fsp3) is 0.409. The number of carbonyl (C=O) groups excluding carboxylic acids is 1. The number of benzene rings is 1. The van der Waals surface area contributed by atoms with Crippen LogP contribution in [0, 0.1) is 31.1 Å². The number of nitriles is 1. The summed E-state index contributed by atoms with van der Waals surface area (Å²) >= 11 is 0. The average molecular weight is 379 g/mol. The Balaban J connectivity index is 1.81. The Labute approximate surface area is 165 Å². The maximum Gasteiger partial charge on any atom is 0.337 e. The summed E-state index contributed by atoms with van der Waals surface area (Å²) in [5.74, 6) is 1.58. The topological polar surface area (TPSA) is 75.5 Å². The van der Waals surface area contributed by atoms with Crippen LogP contribution in [0.2, 0.25) is 0 Å². The second-order valence-electron chi connectivity index (χ2n) is 7.21. The van der Waals surface area contributed by atoms with Crippen molar-refractivity contribution in [3.8, 4) is 11.8 Å². The van der Waals surface area contributed by atoms with Crippen molar-refractivity contribution in [3.05, 3.63) is 52.2 Å². The molecule has 0 saturated carbocycles. The highest BCUT2D eigenvalue weighted by Gasteiger charge is 2.27. The van der Waals surface area contributed by atoms with Gasteiger partial charge >= 0.3 is 5.97 Å². The number of hydrogen-bond acceptors (Lipinski definition) is 6. The van der Waals surface area contributed by atoms with Gasteiger partial charge in [-0.1, -0.05) is 0 Å². The maximum absolute atomic E-state index is 11.9. The van der Waals surface area contributed by atoms with Crippen LogP contribution in [0.3, 0.4) is 0 Å². The Morgan fingerprint density at radius 3 is 2.79 bits per heavy atom. The smallest absolute Gasteiger partial charge is 0.337 e. The molecule has 1 aromatic heterocycles. The standard InChI is InChI=1S/C22H25N3O3/c1-14-9-15(2)24-21(19(14)12-23)25-8-7-16(13-25)10-18-11-17(22(26)28-4)5-6-20(18)27-3/h5-6,9,11,16H,7-8,10,13H2,1-4H3. The van der Waals surface area contributed by atoms with Crippen molar-refractivity contribution < 1.29 is 14.3 Å². The first-order valence-corrected chi connectivity index (χ1v) is 9.35. The molecule has 0 bridgehead atoms. The van der Waals surface area contributed by atoms with Crippen LogP contribution in [0.15, 0.2) is 24.3 Å². The molecule has 0 amide bonds. The van der Waals surface area contributed by atoms with Crippen molar-refractivity contribution >= 4 is 11.8 Å². The zero-order valence-corrected chi connectivity index (χ0v) is 16.8. The molecule has 146 valence electrons. The molecule has 1 unspecified atom stereocenters. The first kappa shape index (κ1) is 19.7. The lowest BCUT2D eigenvalue weighted by atomic mass is 9.96. The minimum atomic E-state index is -0.352. The summed E-state index contributed by atoms with van der Waals surface area (Å²) in [7, 11) is 3.01. The van der Waals surface area contributed by atoms with Gasteiger partial charge in [-0.15, -0.1) is 0 Å². The number of aryl methyl sites for hydroxylation is 2. The average Bonchev–Trinajstić information content (AvgIpc) is 3.15. The van der Waals surface area contributed by atoms with Gasteiger partial charge in [0.2, 0.25) is 0 Å². The molecule has 2 aromatic rings. The molecule has 2 heterocycles. The molecule has 1 fully saturated rings. The number of carbonyl (C=O) groups is 1. The predicted octanol–water partition coefficient (Wildman–Crippen LogP) is 3.43. The van der Waals surface area contributed by atoms with Crippen molar-refractivity contribution in [1.82, 2.24) is 4.98 Å². The van der Waals surface area contributed by atoms with Crippen LogP contribution in [-0.4, -0.2) is 38.3 Å². The molecule has 1 aliphatic heterocycles. The lowest BCUT2D eigenvalue weighted by Gasteiger charge is -2.20. The molecule has 0 spiro atoms. The number of nitrogens with zero attached hydrogens (tertiary/aromatic N) is 3. The highest BCUT2D eigenvalue weighted by molar-refractivity contribution is 5.89. The Kier molecular flexibility index (Phi) is 5.84. The SMILES string of the molecule is COC(=O)c1ccc(OC)c(CC2CCN(c3nc(C)cc(C)c3C#N)C2)c1. The lowest BCUT2D eigenvalue weighted by Crippen LogP contribution is -2.23. The second kappa shape index (κ2) is 8.30. The molecule has 1 aromatic carbocycles. The van der Waals surface area contributed by atoms with E-state index in [-0.39, 0.29) is 5.97 Å². The first-order chi connectivity index (χ1) is 13.5. The van der Waals surface area contributed by atoms with Crippen molar-refractivity contribution in [3.63, 3.8) is 0 Å². The van der Waals surface area contributed by atoms with Crippen LogP contribution >= 0.6 is 0 Å². The van der Waals surface area contributed by atoms with E-state index in [2.05, 4.69) is 16.0 Å². The number of pyridine rings is 1. The van der Waals surface area contributed by atoms with E-state index in [9.17, 15) is 10.1 Å². The summed E-state index contributed by atoms with van der Waals surface area (Å²) in [6.45, 7) is 5.58. The summed E-state index contributed by atoms with van der Waals surface area (Å²) < 4.78 is 10.3. The number of rotatable bonds is 5.